The standard InChI is InChI=1S/C24H19ClO7/c1-30-18-9-13(10-19(31-2)24(18)29)16-11-20(26)32-17-8-7-15(23(28)21(16)17)22(27)12-3-5-14(25)6-4-12/h3-10,16,28-29H,11H2,1-2H3. The highest BCUT2D eigenvalue weighted by Gasteiger charge is 2.34. The molecule has 32 heavy (non-hydrogen) atoms. The van der Waals surface area contributed by atoms with Crippen LogP contribution in [0.2, 0.25) is 5.02 Å². The summed E-state index contributed by atoms with van der Waals surface area (Å²) in [7, 11) is 2.78. The van der Waals surface area contributed by atoms with Gasteiger partial charge in [0.05, 0.1) is 26.2 Å². The molecule has 0 fully saturated rings. The average molecular weight is 455 g/mol. The Bertz CT molecular complexity index is 1190. The molecule has 2 N–H and O–H groups in total. The van der Waals surface area contributed by atoms with Gasteiger partial charge >= 0.3 is 5.97 Å². The largest absolute Gasteiger partial charge is 0.507 e. The zero-order chi connectivity index (χ0) is 23.0. The molecule has 0 saturated carbocycles. The monoisotopic (exact) mass is 454 g/mol. The van der Waals surface area contributed by atoms with E-state index in [1.807, 2.05) is 0 Å². The normalized spacial score (nSPS) is 15.0. The van der Waals surface area contributed by atoms with Crippen molar-refractivity contribution in [2.45, 2.75) is 12.3 Å². The zero-order valence-corrected chi connectivity index (χ0v) is 18.0. The maximum absolute atomic E-state index is 13.0. The van der Waals surface area contributed by atoms with Gasteiger partial charge in [0, 0.05) is 22.1 Å². The van der Waals surface area contributed by atoms with E-state index in [1.54, 1.807) is 36.4 Å². The number of halogens is 1. The number of fused-ring (bicyclic) bond motifs is 1. The molecule has 1 heterocycles. The molecule has 0 radical (unpaired) electrons. The number of benzene rings is 3. The van der Waals surface area contributed by atoms with E-state index in [9.17, 15) is 19.8 Å². The van der Waals surface area contributed by atoms with E-state index >= 15 is 0 Å². The first-order valence-corrected chi connectivity index (χ1v) is 10.0. The SMILES string of the molecule is COc1cc(C2CC(=O)Oc3ccc(C(=O)c4ccc(Cl)cc4)c(O)c32)cc(OC)c1O. The first-order valence-electron chi connectivity index (χ1n) is 9.65. The topological polar surface area (TPSA) is 102 Å². The van der Waals surface area contributed by atoms with E-state index in [0.29, 0.717) is 21.7 Å². The van der Waals surface area contributed by atoms with Crippen LogP contribution in [-0.2, 0) is 4.79 Å². The lowest BCUT2D eigenvalue weighted by molar-refractivity contribution is -0.135. The molecule has 4 rings (SSSR count). The van der Waals surface area contributed by atoms with Crippen molar-refractivity contribution in [3.05, 3.63) is 75.8 Å². The van der Waals surface area contributed by atoms with E-state index in [1.165, 1.54) is 26.4 Å². The van der Waals surface area contributed by atoms with E-state index in [-0.39, 0.29) is 40.7 Å². The molecule has 1 atom stereocenters. The second kappa shape index (κ2) is 8.43. The van der Waals surface area contributed by atoms with Gasteiger partial charge in [-0.3, -0.25) is 9.59 Å². The Morgan fingerprint density at radius 2 is 1.62 bits per heavy atom. The third-order valence-electron chi connectivity index (χ3n) is 5.38. The van der Waals surface area contributed by atoms with E-state index in [4.69, 9.17) is 25.8 Å². The third kappa shape index (κ3) is 3.71. The molecule has 1 aliphatic rings. The fourth-order valence-corrected chi connectivity index (χ4v) is 3.91. The number of hydrogen-bond acceptors (Lipinski definition) is 7. The first-order chi connectivity index (χ1) is 15.3. The molecule has 0 amide bonds. The Hall–Kier alpha value is -3.71. The number of carbonyl (C=O) groups is 2. The van der Waals surface area contributed by atoms with Crippen LogP contribution < -0.4 is 14.2 Å². The summed E-state index contributed by atoms with van der Waals surface area (Å²) in [4.78, 5) is 25.3. The van der Waals surface area contributed by atoms with Gasteiger partial charge in [-0.1, -0.05) is 11.6 Å². The van der Waals surface area contributed by atoms with Crippen LogP contribution in [0, 0.1) is 0 Å². The highest BCUT2D eigenvalue weighted by molar-refractivity contribution is 6.30. The number of ether oxygens (including phenoxy) is 3. The van der Waals surface area contributed by atoms with Crippen LogP contribution in [0.15, 0.2) is 48.5 Å². The highest BCUT2D eigenvalue weighted by Crippen LogP contribution is 2.48. The van der Waals surface area contributed by atoms with Gasteiger partial charge in [-0.05, 0) is 54.1 Å². The van der Waals surface area contributed by atoms with Crippen LogP contribution in [0.25, 0.3) is 0 Å². The summed E-state index contributed by atoms with van der Waals surface area (Å²) in [6.07, 6.45) is -0.0871. The smallest absolute Gasteiger partial charge is 0.312 e. The van der Waals surface area contributed by atoms with Crippen molar-refractivity contribution >= 4 is 23.4 Å². The number of hydrogen-bond donors (Lipinski definition) is 2. The Morgan fingerprint density at radius 3 is 2.22 bits per heavy atom. The van der Waals surface area contributed by atoms with E-state index in [2.05, 4.69) is 0 Å². The molecule has 1 unspecified atom stereocenters. The van der Waals surface area contributed by atoms with Crippen LogP contribution in [0.5, 0.6) is 28.7 Å². The summed E-state index contributed by atoms with van der Waals surface area (Å²) >= 11 is 5.90. The number of carbonyl (C=O) groups excluding carboxylic acids is 2. The number of esters is 1. The van der Waals surface area contributed by atoms with Crippen molar-refractivity contribution in [2.75, 3.05) is 14.2 Å². The minimum absolute atomic E-state index is 0.0618. The van der Waals surface area contributed by atoms with E-state index in [0.717, 1.165) is 0 Å². The third-order valence-corrected chi connectivity index (χ3v) is 5.63. The lowest BCUT2D eigenvalue weighted by Crippen LogP contribution is -2.22. The number of methoxy groups -OCH3 is 2. The van der Waals surface area contributed by atoms with Gasteiger partial charge in [0.2, 0.25) is 5.75 Å². The zero-order valence-electron chi connectivity index (χ0n) is 17.2. The Labute approximate surface area is 188 Å². The number of phenols is 2. The molecular weight excluding hydrogens is 436 g/mol. The lowest BCUT2D eigenvalue weighted by atomic mass is 9.83. The summed E-state index contributed by atoms with van der Waals surface area (Å²) in [6, 6.07) is 12.3. The molecule has 7 nitrogen and oxygen atoms in total. The fourth-order valence-electron chi connectivity index (χ4n) is 3.79. The molecule has 0 bridgehead atoms. The maximum Gasteiger partial charge on any atom is 0.312 e. The fraction of sp³-hybridized carbons (Fsp3) is 0.167. The first kappa shape index (κ1) is 21.5. The van der Waals surface area contributed by atoms with Crippen LogP contribution in [-0.4, -0.2) is 36.2 Å². The molecule has 1 aliphatic heterocycles. The quantitative estimate of drug-likeness (QED) is 0.334. The number of aromatic hydroxyl groups is 2. The van der Waals surface area contributed by atoms with Crippen molar-refractivity contribution in [1.29, 1.82) is 0 Å². The molecule has 0 aliphatic carbocycles. The van der Waals surface area contributed by atoms with Gasteiger partial charge in [0.25, 0.3) is 0 Å². The summed E-state index contributed by atoms with van der Waals surface area (Å²) in [5.41, 5.74) is 1.24. The lowest BCUT2D eigenvalue weighted by Gasteiger charge is -2.27. The number of rotatable bonds is 5. The molecule has 3 aromatic carbocycles. The predicted octanol–water partition coefficient (Wildman–Crippen LogP) is 4.44. The summed E-state index contributed by atoms with van der Waals surface area (Å²) in [5, 5.41) is 21.8. The summed E-state index contributed by atoms with van der Waals surface area (Å²) in [5.74, 6) is -1.59. The minimum atomic E-state index is -0.660. The Balaban J connectivity index is 1.86. The molecule has 0 aromatic heterocycles. The van der Waals surface area contributed by atoms with E-state index < -0.39 is 17.7 Å². The number of ketones is 1. The van der Waals surface area contributed by atoms with Crippen LogP contribution in [0.3, 0.4) is 0 Å². The molecule has 0 saturated heterocycles. The second-order valence-electron chi connectivity index (χ2n) is 7.21. The summed E-state index contributed by atoms with van der Waals surface area (Å²) in [6.45, 7) is 0. The van der Waals surface area contributed by atoms with Crippen LogP contribution >= 0.6 is 11.6 Å². The van der Waals surface area contributed by atoms with Gasteiger partial charge in [0.15, 0.2) is 17.3 Å². The van der Waals surface area contributed by atoms with Crippen LogP contribution in [0.4, 0.5) is 0 Å². The molecule has 0 spiro atoms. The van der Waals surface area contributed by atoms with Gasteiger partial charge in [-0.15, -0.1) is 0 Å². The van der Waals surface area contributed by atoms with Gasteiger partial charge in [-0.2, -0.15) is 0 Å². The predicted molar refractivity (Wildman–Crippen MR) is 116 cm³/mol. The highest BCUT2D eigenvalue weighted by atomic mass is 35.5. The molecule has 3 aromatic rings. The minimum Gasteiger partial charge on any atom is -0.507 e. The van der Waals surface area contributed by atoms with Gasteiger partial charge < -0.3 is 24.4 Å². The van der Waals surface area contributed by atoms with Crippen molar-refractivity contribution in [3.8, 4) is 28.7 Å². The Morgan fingerprint density at radius 1 is 1.00 bits per heavy atom. The van der Waals surface area contributed by atoms with Crippen molar-refractivity contribution in [2.24, 2.45) is 0 Å². The summed E-state index contributed by atoms with van der Waals surface area (Å²) < 4.78 is 15.8. The van der Waals surface area contributed by atoms with Gasteiger partial charge in [0.1, 0.15) is 11.5 Å². The molecular formula is C24H19ClO7. The maximum atomic E-state index is 13.0. The van der Waals surface area contributed by atoms with Crippen LogP contribution in [0.1, 0.15) is 39.4 Å². The molecule has 8 heteroatoms. The average Bonchev–Trinajstić information content (AvgIpc) is 2.79. The van der Waals surface area contributed by atoms with Crippen molar-refractivity contribution in [1.82, 2.24) is 0 Å². The molecule has 164 valence electrons. The number of phenolic OH excluding ortho intramolecular Hbond substituents is 2. The Kier molecular flexibility index (Phi) is 5.67. The van der Waals surface area contributed by atoms with Crippen molar-refractivity contribution in [3.63, 3.8) is 0 Å². The second-order valence-corrected chi connectivity index (χ2v) is 7.65. The van der Waals surface area contributed by atoms with Gasteiger partial charge in [-0.25, -0.2) is 0 Å². The van der Waals surface area contributed by atoms with Crippen molar-refractivity contribution < 1.29 is 34.0 Å².